The van der Waals surface area contributed by atoms with Gasteiger partial charge in [0.1, 0.15) is 22.8 Å². The first-order chi connectivity index (χ1) is 13.5. The van der Waals surface area contributed by atoms with Crippen LogP contribution in [0.2, 0.25) is 5.02 Å². The number of anilines is 1. The van der Waals surface area contributed by atoms with E-state index in [2.05, 4.69) is 10.5 Å². The van der Waals surface area contributed by atoms with Crippen LogP contribution >= 0.6 is 11.6 Å². The summed E-state index contributed by atoms with van der Waals surface area (Å²) in [5.41, 5.74) is 1.49. The number of nitrogens with one attached hydrogen (secondary N) is 1. The van der Waals surface area contributed by atoms with E-state index in [1.165, 1.54) is 0 Å². The van der Waals surface area contributed by atoms with E-state index < -0.39 is 18.5 Å². The van der Waals surface area contributed by atoms with Crippen LogP contribution in [0, 0.1) is 6.92 Å². The number of halogens is 1. The summed E-state index contributed by atoms with van der Waals surface area (Å²) in [6, 6.07) is 13.7. The molecule has 3 aromatic rings. The van der Waals surface area contributed by atoms with Gasteiger partial charge >= 0.3 is 5.97 Å². The van der Waals surface area contributed by atoms with Gasteiger partial charge in [-0.2, -0.15) is 0 Å². The molecule has 0 saturated carbocycles. The monoisotopic (exact) mass is 400 g/mol. The van der Waals surface area contributed by atoms with E-state index in [9.17, 15) is 9.59 Å². The van der Waals surface area contributed by atoms with Gasteiger partial charge in [-0.3, -0.25) is 4.79 Å². The number of carbonyl (C=O) groups is 2. The smallest absolute Gasteiger partial charge is 0.344 e. The number of ether oxygens (including phenoxy) is 2. The fourth-order valence-corrected chi connectivity index (χ4v) is 2.75. The number of rotatable bonds is 6. The van der Waals surface area contributed by atoms with Crippen molar-refractivity contribution in [1.82, 2.24) is 5.16 Å². The molecule has 1 heterocycles. The van der Waals surface area contributed by atoms with E-state index in [4.69, 9.17) is 25.6 Å². The molecule has 1 N–H and O–H groups in total. The summed E-state index contributed by atoms with van der Waals surface area (Å²) in [5, 5.41) is 6.96. The topological polar surface area (TPSA) is 90.7 Å². The summed E-state index contributed by atoms with van der Waals surface area (Å²) in [7, 11) is 1.55. The van der Waals surface area contributed by atoms with Crippen LogP contribution in [0.4, 0.5) is 5.69 Å². The fraction of sp³-hybridized carbons (Fsp3) is 0.150. The lowest BCUT2D eigenvalue weighted by atomic mass is 10.1. The van der Waals surface area contributed by atoms with Crippen LogP contribution < -0.4 is 10.1 Å². The van der Waals surface area contributed by atoms with Crippen molar-refractivity contribution in [3.8, 4) is 17.0 Å². The number of nitrogens with zero attached hydrogens (tertiary/aromatic N) is 1. The minimum Gasteiger partial charge on any atom is -0.497 e. The van der Waals surface area contributed by atoms with Gasteiger partial charge in [-0.15, -0.1) is 0 Å². The zero-order valence-corrected chi connectivity index (χ0v) is 15.9. The molecule has 0 aliphatic heterocycles. The van der Waals surface area contributed by atoms with Crippen LogP contribution in [0.3, 0.4) is 0 Å². The molecule has 0 aliphatic carbocycles. The van der Waals surface area contributed by atoms with Gasteiger partial charge in [0.2, 0.25) is 0 Å². The van der Waals surface area contributed by atoms with Crippen molar-refractivity contribution in [2.75, 3.05) is 19.0 Å². The molecule has 0 saturated heterocycles. The van der Waals surface area contributed by atoms with Crippen molar-refractivity contribution < 1.29 is 23.6 Å². The molecule has 0 radical (unpaired) electrons. The third kappa shape index (κ3) is 4.32. The molecule has 0 unspecified atom stereocenters. The minimum atomic E-state index is -0.724. The minimum absolute atomic E-state index is 0.130. The summed E-state index contributed by atoms with van der Waals surface area (Å²) in [4.78, 5) is 24.6. The summed E-state index contributed by atoms with van der Waals surface area (Å²) >= 11 is 6.18. The standard InChI is InChI=1S/C20H17ClN2O5/c1-12-18(19(23-28-12)15-5-3-4-6-16(15)21)20(25)27-11-17(24)22-13-7-9-14(26-2)10-8-13/h3-10H,11H2,1-2H3,(H,22,24). The average molecular weight is 401 g/mol. The number of benzene rings is 2. The Hall–Kier alpha value is -3.32. The van der Waals surface area contributed by atoms with Gasteiger partial charge in [-0.25, -0.2) is 4.79 Å². The fourth-order valence-electron chi connectivity index (χ4n) is 2.52. The van der Waals surface area contributed by atoms with Gasteiger partial charge in [0.15, 0.2) is 6.61 Å². The van der Waals surface area contributed by atoms with E-state index in [-0.39, 0.29) is 17.0 Å². The third-order valence-corrected chi connectivity index (χ3v) is 4.23. The highest BCUT2D eigenvalue weighted by Gasteiger charge is 2.24. The molecule has 0 fully saturated rings. The molecular weight excluding hydrogens is 384 g/mol. The quantitative estimate of drug-likeness (QED) is 0.626. The number of aromatic nitrogens is 1. The second kappa shape index (κ2) is 8.58. The molecule has 2 aromatic carbocycles. The summed E-state index contributed by atoms with van der Waals surface area (Å²) in [6.07, 6.45) is 0. The van der Waals surface area contributed by atoms with Crippen molar-refractivity contribution in [3.05, 3.63) is 64.9 Å². The summed E-state index contributed by atoms with van der Waals surface area (Å²) in [6.45, 7) is 1.12. The first kappa shape index (κ1) is 19.4. The lowest BCUT2D eigenvalue weighted by molar-refractivity contribution is -0.119. The molecule has 0 atom stereocenters. The molecule has 1 amide bonds. The Morgan fingerprint density at radius 1 is 1.14 bits per heavy atom. The van der Waals surface area contributed by atoms with Crippen LogP contribution in [0.25, 0.3) is 11.3 Å². The van der Waals surface area contributed by atoms with E-state index in [1.807, 2.05) is 0 Å². The summed E-state index contributed by atoms with van der Waals surface area (Å²) < 4.78 is 15.3. The Kier molecular flexibility index (Phi) is 5.96. The zero-order valence-electron chi connectivity index (χ0n) is 15.2. The van der Waals surface area contributed by atoms with E-state index in [0.717, 1.165) is 0 Å². The molecule has 3 rings (SSSR count). The molecule has 7 nitrogen and oxygen atoms in total. The second-order valence-electron chi connectivity index (χ2n) is 5.80. The van der Waals surface area contributed by atoms with E-state index in [1.54, 1.807) is 62.6 Å². The number of esters is 1. The van der Waals surface area contributed by atoms with Crippen LogP contribution in [0.5, 0.6) is 5.75 Å². The Labute approximate surface area is 166 Å². The van der Waals surface area contributed by atoms with E-state index in [0.29, 0.717) is 22.0 Å². The Morgan fingerprint density at radius 2 is 1.86 bits per heavy atom. The Balaban J connectivity index is 1.67. The number of carbonyl (C=O) groups excluding carboxylic acids is 2. The van der Waals surface area contributed by atoms with Crippen molar-refractivity contribution in [1.29, 1.82) is 0 Å². The molecule has 1 aromatic heterocycles. The number of aryl methyl sites for hydroxylation is 1. The SMILES string of the molecule is COc1ccc(NC(=O)COC(=O)c2c(-c3ccccc3Cl)noc2C)cc1. The Morgan fingerprint density at radius 3 is 2.54 bits per heavy atom. The molecule has 0 spiro atoms. The van der Waals surface area contributed by atoms with Crippen molar-refractivity contribution in [2.45, 2.75) is 6.92 Å². The number of hydrogen-bond donors (Lipinski definition) is 1. The van der Waals surface area contributed by atoms with Crippen molar-refractivity contribution in [3.63, 3.8) is 0 Å². The molecule has 28 heavy (non-hydrogen) atoms. The maximum absolute atomic E-state index is 12.5. The lowest BCUT2D eigenvalue weighted by Crippen LogP contribution is -2.21. The Bertz CT molecular complexity index is 998. The molecule has 0 aliphatic rings. The van der Waals surface area contributed by atoms with Gasteiger partial charge in [-0.05, 0) is 37.3 Å². The highest BCUT2D eigenvalue weighted by molar-refractivity contribution is 6.33. The summed E-state index contributed by atoms with van der Waals surface area (Å²) in [5.74, 6) is -0.264. The second-order valence-corrected chi connectivity index (χ2v) is 6.20. The first-order valence-electron chi connectivity index (χ1n) is 8.31. The van der Waals surface area contributed by atoms with Gasteiger partial charge in [0.25, 0.3) is 5.91 Å². The molecule has 8 heteroatoms. The normalized spacial score (nSPS) is 10.4. The van der Waals surface area contributed by atoms with Gasteiger partial charge in [0, 0.05) is 11.3 Å². The van der Waals surface area contributed by atoms with Gasteiger partial charge in [-0.1, -0.05) is 35.0 Å². The number of methoxy groups -OCH3 is 1. The van der Waals surface area contributed by atoms with Crippen LogP contribution in [0.15, 0.2) is 53.1 Å². The lowest BCUT2D eigenvalue weighted by Gasteiger charge is -2.08. The first-order valence-corrected chi connectivity index (χ1v) is 8.69. The van der Waals surface area contributed by atoms with Crippen molar-refractivity contribution in [2.24, 2.45) is 0 Å². The van der Waals surface area contributed by atoms with Crippen LogP contribution in [-0.2, 0) is 9.53 Å². The van der Waals surface area contributed by atoms with Gasteiger partial charge in [0.05, 0.1) is 12.1 Å². The largest absolute Gasteiger partial charge is 0.497 e. The third-order valence-electron chi connectivity index (χ3n) is 3.90. The van der Waals surface area contributed by atoms with E-state index >= 15 is 0 Å². The van der Waals surface area contributed by atoms with Crippen LogP contribution in [-0.4, -0.2) is 30.7 Å². The average Bonchev–Trinajstić information content (AvgIpc) is 3.08. The van der Waals surface area contributed by atoms with Crippen molar-refractivity contribution >= 4 is 29.2 Å². The van der Waals surface area contributed by atoms with Crippen LogP contribution in [0.1, 0.15) is 16.1 Å². The number of amides is 1. The predicted octanol–water partition coefficient (Wildman–Crippen LogP) is 4.11. The maximum atomic E-state index is 12.5. The highest BCUT2D eigenvalue weighted by Crippen LogP contribution is 2.31. The maximum Gasteiger partial charge on any atom is 0.344 e. The molecule has 0 bridgehead atoms. The van der Waals surface area contributed by atoms with Gasteiger partial charge < -0.3 is 19.3 Å². The molecule has 144 valence electrons. The number of hydrogen-bond acceptors (Lipinski definition) is 6. The zero-order chi connectivity index (χ0) is 20.1. The highest BCUT2D eigenvalue weighted by atomic mass is 35.5. The molecular formula is C20H17ClN2O5. The predicted molar refractivity (Wildman–Crippen MR) is 104 cm³/mol.